The molecule has 0 unspecified atom stereocenters. The van der Waals surface area contributed by atoms with Gasteiger partial charge in [-0.25, -0.2) is 0 Å². The Morgan fingerprint density at radius 2 is 2.25 bits per heavy atom. The number of ether oxygens (including phenoxy) is 1. The number of carbonyl (C=O) groups excluding carboxylic acids is 1. The van der Waals surface area contributed by atoms with Gasteiger partial charge in [0, 0.05) is 18.5 Å². The molecule has 0 saturated carbocycles. The van der Waals surface area contributed by atoms with Crippen molar-refractivity contribution >= 4 is 28.8 Å². The number of thiophene rings is 1. The summed E-state index contributed by atoms with van der Waals surface area (Å²) in [5.74, 6) is 0.735. The predicted molar refractivity (Wildman–Crippen MR) is 65.6 cm³/mol. The second-order valence-corrected chi connectivity index (χ2v) is 5.32. The van der Waals surface area contributed by atoms with Gasteiger partial charge in [0.2, 0.25) is 0 Å². The van der Waals surface area contributed by atoms with E-state index in [0.29, 0.717) is 10.6 Å². The molecule has 0 aliphatic carbocycles. The average Bonchev–Trinajstić information content (AvgIpc) is 2.77. The molecule has 3 nitrogen and oxygen atoms in total. The first-order valence-corrected chi connectivity index (χ1v) is 6.59. The minimum atomic E-state index is 0.0652. The second-order valence-electron chi connectivity index (χ2n) is 3.78. The van der Waals surface area contributed by atoms with Crippen molar-refractivity contribution in [3.05, 3.63) is 16.3 Å². The average molecular weight is 260 g/mol. The van der Waals surface area contributed by atoms with Crippen LogP contribution in [-0.2, 0) is 0 Å². The highest BCUT2D eigenvalue weighted by Gasteiger charge is 2.25. The van der Waals surface area contributed by atoms with Crippen molar-refractivity contribution in [3.8, 4) is 5.75 Å². The maximum absolute atomic E-state index is 12.2. The van der Waals surface area contributed by atoms with Crippen LogP contribution in [0.15, 0.2) is 11.4 Å². The summed E-state index contributed by atoms with van der Waals surface area (Å²) < 4.78 is 5.16. The van der Waals surface area contributed by atoms with Gasteiger partial charge in [0.25, 0.3) is 5.91 Å². The minimum absolute atomic E-state index is 0.0652. The molecule has 16 heavy (non-hydrogen) atoms. The molecule has 0 atom stereocenters. The van der Waals surface area contributed by atoms with Gasteiger partial charge in [-0.15, -0.1) is 22.9 Å². The van der Waals surface area contributed by atoms with Gasteiger partial charge < -0.3 is 9.64 Å². The summed E-state index contributed by atoms with van der Waals surface area (Å²) in [6, 6.07) is 1.83. The van der Waals surface area contributed by atoms with Gasteiger partial charge in [0.1, 0.15) is 10.6 Å². The second kappa shape index (κ2) is 5.06. The van der Waals surface area contributed by atoms with Crippen LogP contribution < -0.4 is 4.74 Å². The van der Waals surface area contributed by atoms with Gasteiger partial charge in [-0.1, -0.05) is 0 Å². The highest BCUT2D eigenvalue weighted by atomic mass is 35.5. The minimum Gasteiger partial charge on any atom is -0.495 e. The lowest BCUT2D eigenvalue weighted by molar-refractivity contribution is 0.0728. The standard InChI is InChI=1S/C11H14ClNO2S/c1-15-9-4-7-16-10(9)11(14)13-5-2-8(12)3-6-13/h4,7-8H,2-3,5-6H2,1H3. The van der Waals surface area contributed by atoms with Gasteiger partial charge in [0.15, 0.2) is 0 Å². The van der Waals surface area contributed by atoms with Crippen LogP contribution >= 0.6 is 22.9 Å². The van der Waals surface area contributed by atoms with Crippen molar-refractivity contribution in [2.45, 2.75) is 18.2 Å². The highest BCUT2D eigenvalue weighted by molar-refractivity contribution is 7.12. The lowest BCUT2D eigenvalue weighted by Crippen LogP contribution is -2.38. The van der Waals surface area contributed by atoms with E-state index in [4.69, 9.17) is 16.3 Å². The molecule has 0 bridgehead atoms. The van der Waals surface area contributed by atoms with Crippen LogP contribution in [0.25, 0.3) is 0 Å². The van der Waals surface area contributed by atoms with E-state index < -0.39 is 0 Å². The molecule has 0 spiro atoms. The predicted octanol–water partition coefficient (Wildman–Crippen LogP) is 2.60. The summed E-state index contributed by atoms with van der Waals surface area (Å²) >= 11 is 7.44. The fourth-order valence-electron chi connectivity index (χ4n) is 1.81. The number of hydrogen-bond donors (Lipinski definition) is 0. The van der Waals surface area contributed by atoms with Crippen molar-refractivity contribution in [2.75, 3.05) is 20.2 Å². The van der Waals surface area contributed by atoms with Crippen LogP contribution in [0.2, 0.25) is 0 Å². The Hall–Kier alpha value is -0.740. The topological polar surface area (TPSA) is 29.5 Å². The number of nitrogens with zero attached hydrogens (tertiary/aromatic N) is 1. The molecule has 2 heterocycles. The number of likely N-dealkylation sites (tertiary alicyclic amines) is 1. The van der Waals surface area contributed by atoms with Crippen LogP contribution in [0.1, 0.15) is 22.5 Å². The lowest BCUT2D eigenvalue weighted by atomic mass is 10.1. The molecule has 2 rings (SSSR count). The van der Waals surface area contributed by atoms with Gasteiger partial charge in [0.05, 0.1) is 7.11 Å². The Kier molecular flexibility index (Phi) is 3.71. The van der Waals surface area contributed by atoms with E-state index in [2.05, 4.69) is 0 Å². The molecular weight excluding hydrogens is 246 g/mol. The maximum atomic E-state index is 12.2. The van der Waals surface area contributed by atoms with Gasteiger partial charge >= 0.3 is 0 Å². The van der Waals surface area contributed by atoms with Crippen LogP contribution in [-0.4, -0.2) is 36.4 Å². The zero-order valence-corrected chi connectivity index (χ0v) is 10.7. The number of methoxy groups -OCH3 is 1. The molecule has 88 valence electrons. The number of piperidine rings is 1. The Bertz CT molecular complexity index is 372. The molecular formula is C11H14ClNO2S. The van der Waals surface area contributed by atoms with E-state index in [-0.39, 0.29) is 11.3 Å². The molecule has 1 fully saturated rings. The third-order valence-corrected chi connectivity index (χ3v) is 4.08. The van der Waals surface area contributed by atoms with Crippen molar-refractivity contribution in [2.24, 2.45) is 0 Å². The number of hydrogen-bond acceptors (Lipinski definition) is 3. The first kappa shape index (κ1) is 11.7. The SMILES string of the molecule is COc1ccsc1C(=O)N1CCC(Cl)CC1. The van der Waals surface area contributed by atoms with E-state index in [1.807, 2.05) is 16.3 Å². The molecule has 1 saturated heterocycles. The van der Waals surface area contributed by atoms with Gasteiger partial charge in [-0.05, 0) is 24.3 Å². The van der Waals surface area contributed by atoms with E-state index in [0.717, 1.165) is 25.9 Å². The third kappa shape index (κ3) is 2.33. The fraction of sp³-hybridized carbons (Fsp3) is 0.545. The van der Waals surface area contributed by atoms with Crippen molar-refractivity contribution in [3.63, 3.8) is 0 Å². The smallest absolute Gasteiger partial charge is 0.267 e. The summed E-state index contributed by atoms with van der Waals surface area (Å²) in [6.07, 6.45) is 1.75. The molecule has 5 heteroatoms. The third-order valence-electron chi connectivity index (χ3n) is 2.75. The molecule has 1 aromatic heterocycles. The Morgan fingerprint density at radius 3 is 2.88 bits per heavy atom. The zero-order chi connectivity index (χ0) is 11.5. The largest absolute Gasteiger partial charge is 0.495 e. The van der Waals surface area contributed by atoms with E-state index >= 15 is 0 Å². The van der Waals surface area contributed by atoms with Crippen molar-refractivity contribution in [1.29, 1.82) is 0 Å². The van der Waals surface area contributed by atoms with Crippen LogP contribution in [0.4, 0.5) is 0 Å². The molecule has 1 amide bonds. The zero-order valence-electron chi connectivity index (χ0n) is 9.11. The van der Waals surface area contributed by atoms with E-state index in [9.17, 15) is 4.79 Å². The Morgan fingerprint density at radius 1 is 1.56 bits per heavy atom. The van der Waals surface area contributed by atoms with E-state index in [1.165, 1.54) is 11.3 Å². The lowest BCUT2D eigenvalue weighted by Gasteiger charge is -2.29. The van der Waals surface area contributed by atoms with Crippen LogP contribution in [0, 0.1) is 0 Å². The Balaban J connectivity index is 2.07. The number of rotatable bonds is 2. The maximum Gasteiger partial charge on any atom is 0.267 e. The first-order valence-electron chi connectivity index (χ1n) is 5.27. The Labute approximate surface area is 104 Å². The monoisotopic (exact) mass is 259 g/mol. The molecule has 1 aliphatic rings. The van der Waals surface area contributed by atoms with Gasteiger partial charge in [-0.3, -0.25) is 4.79 Å². The van der Waals surface area contributed by atoms with E-state index in [1.54, 1.807) is 7.11 Å². The molecule has 0 radical (unpaired) electrons. The van der Waals surface area contributed by atoms with Crippen molar-refractivity contribution in [1.82, 2.24) is 4.90 Å². The summed E-state index contributed by atoms with van der Waals surface area (Å²) in [7, 11) is 1.59. The van der Waals surface area contributed by atoms with Crippen molar-refractivity contribution < 1.29 is 9.53 Å². The molecule has 1 aliphatic heterocycles. The fourth-order valence-corrected chi connectivity index (χ4v) is 2.83. The van der Waals surface area contributed by atoms with Crippen LogP contribution in [0.3, 0.4) is 0 Å². The number of amides is 1. The van der Waals surface area contributed by atoms with Crippen LogP contribution in [0.5, 0.6) is 5.75 Å². The molecule has 0 aromatic carbocycles. The summed E-state index contributed by atoms with van der Waals surface area (Å²) in [5.41, 5.74) is 0. The summed E-state index contributed by atoms with van der Waals surface area (Å²) in [4.78, 5) is 14.7. The summed E-state index contributed by atoms with van der Waals surface area (Å²) in [6.45, 7) is 1.49. The number of alkyl halides is 1. The van der Waals surface area contributed by atoms with Gasteiger partial charge in [-0.2, -0.15) is 0 Å². The number of carbonyl (C=O) groups is 1. The first-order chi connectivity index (χ1) is 7.72. The summed E-state index contributed by atoms with van der Waals surface area (Å²) in [5, 5.41) is 2.09. The molecule has 0 N–H and O–H groups in total. The number of halogens is 1. The highest BCUT2D eigenvalue weighted by Crippen LogP contribution is 2.27. The molecule has 1 aromatic rings. The quantitative estimate of drug-likeness (QED) is 0.764. The normalized spacial score (nSPS) is 17.5.